The SMILES string of the molecule is Cc1ccc2nc3cc(C)cc(C)c3cc2c1. The van der Waals surface area contributed by atoms with Crippen LogP contribution in [0, 0.1) is 20.8 Å². The second-order valence-corrected chi connectivity index (χ2v) is 4.83. The number of fused-ring (bicyclic) bond motifs is 2. The summed E-state index contributed by atoms with van der Waals surface area (Å²) < 4.78 is 0. The molecule has 0 aliphatic rings. The molecule has 1 heterocycles. The van der Waals surface area contributed by atoms with E-state index in [9.17, 15) is 0 Å². The molecule has 0 aliphatic heterocycles. The molecule has 0 spiro atoms. The van der Waals surface area contributed by atoms with Crippen LogP contribution >= 0.6 is 0 Å². The first kappa shape index (κ1) is 10.3. The van der Waals surface area contributed by atoms with Gasteiger partial charge in [0.15, 0.2) is 0 Å². The topological polar surface area (TPSA) is 12.9 Å². The van der Waals surface area contributed by atoms with Gasteiger partial charge in [0, 0.05) is 10.8 Å². The standard InChI is InChI=1S/C16H15N/c1-10-4-5-15-13(7-10)9-14-12(3)6-11(2)8-16(14)17-15/h4-9H,1-3H3. The molecule has 0 fully saturated rings. The average molecular weight is 221 g/mol. The summed E-state index contributed by atoms with van der Waals surface area (Å²) in [5.41, 5.74) is 6.03. The minimum absolute atomic E-state index is 1.08. The van der Waals surface area contributed by atoms with E-state index in [1.165, 1.54) is 27.5 Å². The van der Waals surface area contributed by atoms with Crippen LogP contribution in [0.3, 0.4) is 0 Å². The highest BCUT2D eigenvalue weighted by atomic mass is 14.7. The molecule has 3 rings (SSSR count). The van der Waals surface area contributed by atoms with Crippen molar-refractivity contribution in [3.8, 4) is 0 Å². The predicted molar refractivity (Wildman–Crippen MR) is 73.5 cm³/mol. The number of aromatic nitrogens is 1. The van der Waals surface area contributed by atoms with E-state index in [4.69, 9.17) is 4.98 Å². The molecule has 84 valence electrons. The third-order valence-electron chi connectivity index (χ3n) is 3.23. The van der Waals surface area contributed by atoms with Gasteiger partial charge in [0.2, 0.25) is 0 Å². The maximum atomic E-state index is 4.74. The number of aryl methyl sites for hydroxylation is 3. The Morgan fingerprint density at radius 3 is 2.41 bits per heavy atom. The lowest BCUT2D eigenvalue weighted by Gasteiger charge is -2.06. The zero-order valence-electron chi connectivity index (χ0n) is 10.4. The van der Waals surface area contributed by atoms with Crippen LogP contribution in [0.15, 0.2) is 36.4 Å². The fourth-order valence-corrected chi connectivity index (χ4v) is 2.41. The Bertz CT molecular complexity index is 726. The molecule has 2 aromatic carbocycles. The van der Waals surface area contributed by atoms with E-state index in [0.717, 1.165) is 11.0 Å². The highest BCUT2D eigenvalue weighted by Crippen LogP contribution is 2.24. The summed E-state index contributed by atoms with van der Waals surface area (Å²) in [6.07, 6.45) is 0. The molecule has 3 aromatic rings. The van der Waals surface area contributed by atoms with Crippen molar-refractivity contribution < 1.29 is 0 Å². The number of pyridine rings is 1. The highest BCUT2D eigenvalue weighted by molar-refractivity contribution is 5.94. The van der Waals surface area contributed by atoms with Crippen molar-refractivity contribution in [2.75, 3.05) is 0 Å². The van der Waals surface area contributed by atoms with Gasteiger partial charge < -0.3 is 0 Å². The Kier molecular flexibility index (Phi) is 2.15. The minimum Gasteiger partial charge on any atom is -0.248 e. The Labute approximate surface area is 101 Å². The van der Waals surface area contributed by atoms with Crippen molar-refractivity contribution >= 4 is 21.8 Å². The van der Waals surface area contributed by atoms with E-state index in [2.05, 4.69) is 57.2 Å². The molecule has 1 nitrogen and oxygen atoms in total. The van der Waals surface area contributed by atoms with Crippen molar-refractivity contribution in [1.29, 1.82) is 0 Å². The van der Waals surface area contributed by atoms with Crippen molar-refractivity contribution in [2.45, 2.75) is 20.8 Å². The van der Waals surface area contributed by atoms with Gasteiger partial charge in [-0.1, -0.05) is 17.7 Å². The third-order valence-corrected chi connectivity index (χ3v) is 3.23. The number of hydrogen-bond acceptors (Lipinski definition) is 1. The van der Waals surface area contributed by atoms with Crippen LogP contribution in [-0.2, 0) is 0 Å². The number of hydrogen-bond donors (Lipinski definition) is 0. The molecule has 0 amide bonds. The molecule has 0 radical (unpaired) electrons. The van der Waals surface area contributed by atoms with Gasteiger partial charge in [-0.15, -0.1) is 0 Å². The van der Waals surface area contributed by atoms with Crippen molar-refractivity contribution in [1.82, 2.24) is 4.98 Å². The highest BCUT2D eigenvalue weighted by Gasteiger charge is 2.03. The van der Waals surface area contributed by atoms with E-state index in [0.29, 0.717) is 0 Å². The molecule has 0 N–H and O–H groups in total. The molecule has 0 unspecified atom stereocenters. The fraction of sp³-hybridized carbons (Fsp3) is 0.188. The summed E-state index contributed by atoms with van der Waals surface area (Å²) in [6, 6.07) is 13.0. The van der Waals surface area contributed by atoms with Crippen LogP contribution in [0.25, 0.3) is 21.8 Å². The first-order valence-electron chi connectivity index (χ1n) is 5.92. The first-order chi connectivity index (χ1) is 8.13. The molecule has 17 heavy (non-hydrogen) atoms. The number of benzene rings is 2. The number of nitrogens with zero attached hydrogens (tertiary/aromatic N) is 1. The minimum atomic E-state index is 1.08. The summed E-state index contributed by atoms with van der Waals surface area (Å²) in [5.74, 6) is 0. The lowest BCUT2D eigenvalue weighted by atomic mass is 10.0. The van der Waals surface area contributed by atoms with Gasteiger partial charge in [-0.25, -0.2) is 4.98 Å². The molecular formula is C16H15N. The summed E-state index contributed by atoms with van der Waals surface area (Å²) in [4.78, 5) is 4.74. The smallest absolute Gasteiger partial charge is 0.0715 e. The van der Waals surface area contributed by atoms with Crippen molar-refractivity contribution in [3.05, 3.63) is 53.1 Å². The van der Waals surface area contributed by atoms with Gasteiger partial charge in [0.05, 0.1) is 11.0 Å². The lowest BCUT2D eigenvalue weighted by Crippen LogP contribution is -1.87. The van der Waals surface area contributed by atoms with Crippen molar-refractivity contribution in [3.63, 3.8) is 0 Å². The fourth-order valence-electron chi connectivity index (χ4n) is 2.41. The van der Waals surface area contributed by atoms with Gasteiger partial charge in [-0.3, -0.25) is 0 Å². The van der Waals surface area contributed by atoms with Crippen LogP contribution in [0.1, 0.15) is 16.7 Å². The van der Waals surface area contributed by atoms with Crippen LogP contribution in [0.4, 0.5) is 0 Å². The maximum Gasteiger partial charge on any atom is 0.0715 e. The largest absolute Gasteiger partial charge is 0.248 e. The molecule has 0 atom stereocenters. The Morgan fingerprint density at radius 2 is 1.59 bits per heavy atom. The lowest BCUT2D eigenvalue weighted by molar-refractivity contribution is 1.39. The van der Waals surface area contributed by atoms with Gasteiger partial charge >= 0.3 is 0 Å². The van der Waals surface area contributed by atoms with E-state index in [1.54, 1.807) is 0 Å². The second kappa shape index (κ2) is 3.56. The van der Waals surface area contributed by atoms with E-state index < -0.39 is 0 Å². The second-order valence-electron chi connectivity index (χ2n) is 4.83. The third kappa shape index (κ3) is 1.68. The summed E-state index contributed by atoms with van der Waals surface area (Å²) in [5, 5.41) is 2.48. The van der Waals surface area contributed by atoms with E-state index in [1.807, 2.05) is 0 Å². The van der Waals surface area contributed by atoms with Gasteiger partial charge in [-0.05, 0) is 56.2 Å². The zero-order chi connectivity index (χ0) is 12.0. The summed E-state index contributed by atoms with van der Waals surface area (Å²) >= 11 is 0. The normalized spacial score (nSPS) is 11.2. The van der Waals surface area contributed by atoms with E-state index >= 15 is 0 Å². The van der Waals surface area contributed by atoms with Crippen molar-refractivity contribution in [2.24, 2.45) is 0 Å². The Morgan fingerprint density at radius 1 is 0.765 bits per heavy atom. The van der Waals surface area contributed by atoms with Crippen LogP contribution in [0.2, 0.25) is 0 Å². The summed E-state index contributed by atoms with van der Waals surface area (Å²) in [7, 11) is 0. The maximum absolute atomic E-state index is 4.74. The Hall–Kier alpha value is -1.89. The predicted octanol–water partition coefficient (Wildman–Crippen LogP) is 4.31. The number of rotatable bonds is 0. The molecule has 0 bridgehead atoms. The molecule has 0 aliphatic carbocycles. The first-order valence-corrected chi connectivity index (χ1v) is 5.92. The summed E-state index contributed by atoms with van der Waals surface area (Å²) in [6.45, 7) is 6.39. The molecule has 0 saturated heterocycles. The molecule has 1 aromatic heterocycles. The quantitative estimate of drug-likeness (QED) is 0.515. The molecular weight excluding hydrogens is 206 g/mol. The van der Waals surface area contributed by atoms with Crippen LogP contribution in [-0.4, -0.2) is 4.98 Å². The van der Waals surface area contributed by atoms with Gasteiger partial charge in [0.1, 0.15) is 0 Å². The zero-order valence-corrected chi connectivity index (χ0v) is 10.4. The average Bonchev–Trinajstić information content (AvgIpc) is 2.27. The van der Waals surface area contributed by atoms with E-state index in [-0.39, 0.29) is 0 Å². The monoisotopic (exact) mass is 221 g/mol. The molecule has 0 saturated carbocycles. The van der Waals surface area contributed by atoms with Gasteiger partial charge in [0.25, 0.3) is 0 Å². The van der Waals surface area contributed by atoms with Gasteiger partial charge in [-0.2, -0.15) is 0 Å². The molecule has 1 heteroatoms. The van der Waals surface area contributed by atoms with Crippen LogP contribution < -0.4 is 0 Å². The van der Waals surface area contributed by atoms with Crippen LogP contribution in [0.5, 0.6) is 0 Å². The Balaban J connectivity index is 2.48.